The highest BCUT2D eigenvalue weighted by Gasteiger charge is 2.10. The van der Waals surface area contributed by atoms with Crippen LogP contribution in [0.4, 0.5) is 5.82 Å². The maximum atomic E-state index is 13.0. The van der Waals surface area contributed by atoms with Gasteiger partial charge in [-0.05, 0) is 36.8 Å². The molecule has 0 aliphatic heterocycles. The number of hydrogen-bond acceptors (Lipinski definition) is 5. The molecule has 5 rings (SSSR count). The van der Waals surface area contributed by atoms with E-state index >= 15 is 0 Å². The van der Waals surface area contributed by atoms with E-state index in [9.17, 15) is 4.79 Å². The molecule has 0 radical (unpaired) electrons. The van der Waals surface area contributed by atoms with Gasteiger partial charge in [0.1, 0.15) is 6.33 Å². The highest BCUT2D eigenvalue weighted by molar-refractivity contribution is 5.78. The predicted molar refractivity (Wildman–Crippen MR) is 114 cm³/mol. The number of hydrogen-bond donors (Lipinski definition) is 1. The minimum atomic E-state index is -0.0962. The molecule has 0 aliphatic rings. The summed E-state index contributed by atoms with van der Waals surface area (Å²) in [6, 6.07) is 13.4. The molecule has 0 aliphatic carbocycles. The van der Waals surface area contributed by atoms with Gasteiger partial charge in [-0.3, -0.25) is 9.36 Å². The SMILES string of the molecule is CNc1nc(-c2cccc(-n3cnc4cc(C)ccc4c3=O)c2)cn2ccnc12. The van der Waals surface area contributed by atoms with E-state index in [2.05, 4.69) is 20.3 Å². The molecular formula is C22H18N6O. The average Bonchev–Trinajstić information content (AvgIpc) is 3.22. The molecule has 29 heavy (non-hydrogen) atoms. The molecule has 0 unspecified atom stereocenters. The Morgan fingerprint density at radius 1 is 1.07 bits per heavy atom. The molecule has 7 nitrogen and oxygen atoms in total. The Labute approximate surface area is 166 Å². The van der Waals surface area contributed by atoms with E-state index in [-0.39, 0.29) is 5.56 Å². The summed E-state index contributed by atoms with van der Waals surface area (Å²) in [7, 11) is 1.82. The molecule has 0 saturated heterocycles. The predicted octanol–water partition coefficient (Wildman–Crippen LogP) is 3.45. The molecule has 0 fully saturated rings. The number of fused-ring (bicyclic) bond motifs is 2. The van der Waals surface area contributed by atoms with Crippen LogP contribution in [0.5, 0.6) is 0 Å². The van der Waals surface area contributed by atoms with Gasteiger partial charge in [0.25, 0.3) is 5.56 Å². The van der Waals surface area contributed by atoms with Crippen LogP contribution in [0, 0.1) is 6.92 Å². The van der Waals surface area contributed by atoms with Crippen LogP contribution in [0.3, 0.4) is 0 Å². The number of aromatic nitrogens is 5. The van der Waals surface area contributed by atoms with Crippen molar-refractivity contribution in [1.82, 2.24) is 23.9 Å². The van der Waals surface area contributed by atoms with Gasteiger partial charge in [0.05, 0.1) is 22.3 Å². The monoisotopic (exact) mass is 382 g/mol. The second kappa shape index (κ2) is 6.56. The Balaban J connectivity index is 1.66. The third-order valence-electron chi connectivity index (χ3n) is 4.95. The van der Waals surface area contributed by atoms with Crippen molar-refractivity contribution in [2.75, 3.05) is 12.4 Å². The van der Waals surface area contributed by atoms with E-state index < -0.39 is 0 Å². The van der Waals surface area contributed by atoms with Crippen molar-refractivity contribution in [3.8, 4) is 16.9 Å². The van der Waals surface area contributed by atoms with Crippen molar-refractivity contribution in [2.24, 2.45) is 0 Å². The summed E-state index contributed by atoms with van der Waals surface area (Å²) >= 11 is 0. The highest BCUT2D eigenvalue weighted by Crippen LogP contribution is 2.23. The minimum absolute atomic E-state index is 0.0962. The van der Waals surface area contributed by atoms with E-state index in [1.54, 1.807) is 17.1 Å². The number of anilines is 1. The lowest BCUT2D eigenvalue weighted by molar-refractivity contribution is 0.962. The number of rotatable bonds is 3. The normalized spacial score (nSPS) is 11.2. The standard InChI is InChI=1S/C22H18N6O/c1-14-6-7-17-18(10-14)25-13-28(22(17)29)16-5-3-4-15(11-16)19-12-27-9-8-24-21(27)20(23-2)26-19/h3-13H,1-2H3,(H,23,26). The van der Waals surface area contributed by atoms with Crippen molar-refractivity contribution in [3.05, 3.63) is 83.3 Å². The van der Waals surface area contributed by atoms with Gasteiger partial charge in [-0.15, -0.1) is 0 Å². The first-order chi connectivity index (χ1) is 14.1. The molecule has 5 aromatic rings. The van der Waals surface area contributed by atoms with Gasteiger partial charge in [-0.25, -0.2) is 15.0 Å². The number of benzene rings is 2. The van der Waals surface area contributed by atoms with E-state index in [0.29, 0.717) is 16.7 Å². The van der Waals surface area contributed by atoms with Crippen molar-refractivity contribution in [2.45, 2.75) is 6.92 Å². The molecule has 0 spiro atoms. The Hall–Kier alpha value is -4.00. The molecule has 3 aromatic heterocycles. The highest BCUT2D eigenvalue weighted by atomic mass is 16.1. The maximum absolute atomic E-state index is 13.0. The summed E-state index contributed by atoms with van der Waals surface area (Å²) in [6.45, 7) is 1.99. The van der Waals surface area contributed by atoms with Crippen LogP contribution in [0.2, 0.25) is 0 Å². The van der Waals surface area contributed by atoms with Crippen LogP contribution in [0.25, 0.3) is 33.5 Å². The lowest BCUT2D eigenvalue weighted by Gasteiger charge is -2.10. The van der Waals surface area contributed by atoms with Crippen molar-refractivity contribution < 1.29 is 0 Å². The van der Waals surface area contributed by atoms with Gasteiger partial charge >= 0.3 is 0 Å². The summed E-state index contributed by atoms with van der Waals surface area (Å²) in [6.07, 6.45) is 7.12. The van der Waals surface area contributed by atoms with Crippen LogP contribution in [-0.4, -0.2) is 31.0 Å². The fourth-order valence-electron chi connectivity index (χ4n) is 3.47. The fraction of sp³-hybridized carbons (Fsp3) is 0.0909. The smallest absolute Gasteiger partial charge is 0.265 e. The molecule has 0 atom stereocenters. The topological polar surface area (TPSA) is 77.1 Å². The van der Waals surface area contributed by atoms with E-state index in [4.69, 9.17) is 0 Å². The number of aryl methyl sites for hydroxylation is 1. The third-order valence-corrected chi connectivity index (χ3v) is 4.95. The lowest BCUT2D eigenvalue weighted by atomic mass is 10.1. The van der Waals surface area contributed by atoms with E-state index in [0.717, 1.165) is 28.2 Å². The Morgan fingerprint density at radius 3 is 2.83 bits per heavy atom. The molecule has 0 amide bonds. The zero-order chi connectivity index (χ0) is 20.0. The summed E-state index contributed by atoms with van der Waals surface area (Å²) in [5, 5.41) is 3.68. The van der Waals surface area contributed by atoms with Crippen molar-refractivity contribution in [1.29, 1.82) is 0 Å². The first kappa shape index (κ1) is 17.1. The first-order valence-electron chi connectivity index (χ1n) is 9.24. The summed E-state index contributed by atoms with van der Waals surface area (Å²) in [5.74, 6) is 0.692. The van der Waals surface area contributed by atoms with Gasteiger partial charge in [0, 0.05) is 31.2 Å². The van der Waals surface area contributed by atoms with Crippen molar-refractivity contribution >= 4 is 22.4 Å². The van der Waals surface area contributed by atoms with Gasteiger partial charge in [0.2, 0.25) is 0 Å². The quantitative estimate of drug-likeness (QED) is 0.517. The van der Waals surface area contributed by atoms with Crippen LogP contribution < -0.4 is 10.9 Å². The average molecular weight is 382 g/mol. The molecule has 0 bridgehead atoms. The number of nitrogens with one attached hydrogen (secondary N) is 1. The molecule has 0 saturated carbocycles. The minimum Gasteiger partial charge on any atom is -0.370 e. The molecule has 142 valence electrons. The van der Waals surface area contributed by atoms with Crippen LogP contribution >= 0.6 is 0 Å². The van der Waals surface area contributed by atoms with Crippen LogP contribution in [0.1, 0.15) is 5.56 Å². The number of imidazole rings is 1. The van der Waals surface area contributed by atoms with E-state index in [1.807, 2.05) is 73.2 Å². The Morgan fingerprint density at radius 2 is 1.97 bits per heavy atom. The largest absolute Gasteiger partial charge is 0.370 e. The molecule has 2 aromatic carbocycles. The maximum Gasteiger partial charge on any atom is 0.265 e. The summed E-state index contributed by atoms with van der Waals surface area (Å²) in [5.41, 5.74) is 4.85. The number of nitrogens with zero attached hydrogens (tertiary/aromatic N) is 5. The van der Waals surface area contributed by atoms with Gasteiger partial charge < -0.3 is 9.72 Å². The van der Waals surface area contributed by atoms with E-state index in [1.165, 1.54) is 0 Å². The Kier molecular flexibility index (Phi) is 3.87. The second-order valence-electron chi connectivity index (χ2n) is 6.87. The van der Waals surface area contributed by atoms with Crippen LogP contribution in [0.15, 0.2) is 72.2 Å². The summed E-state index contributed by atoms with van der Waals surface area (Å²) in [4.78, 5) is 26.5. The molecular weight excluding hydrogens is 364 g/mol. The first-order valence-corrected chi connectivity index (χ1v) is 9.24. The van der Waals surface area contributed by atoms with Crippen molar-refractivity contribution in [3.63, 3.8) is 0 Å². The second-order valence-corrected chi connectivity index (χ2v) is 6.87. The summed E-state index contributed by atoms with van der Waals surface area (Å²) < 4.78 is 3.49. The Bertz CT molecular complexity index is 1430. The molecule has 7 heteroatoms. The fourth-order valence-corrected chi connectivity index (χ4v) is 3.47. The zero-order valence-corrected chi connectivity index (χ0v) is 16.0. The van der Waals surface area contributed by atoms with Gasteiger partial charge in [-0.2, -0.15) is 0 Å². The van der Waals surface area contributed by atoms with Gasteiger partial charge in [-0.1, -0.05) is 18.2 Å². The van der Waals surface area contributed by atoms with Crippen LogP contribution in [-0.2, 0) is 0 Å². The van der Waals surface area contributed by atoms with Gasteiger partial charge in [0.15, 0.2) is 11.5 Å². The molecule has 3 heterocycles. The molecule has 1 N–H and O–H groups in total. The lowest BCUT2D eigenvalue weighted by Crippen LogP contribution is -2.18. The zero-order valence-electron chi connectivity index (χ0n) is 16.0. The third kappa shape index (κ3) is 2.84.